The van der Waals surface area contributed by atoms with E-state index in [9.17, 15) is 22.4 Å². The van der Waals surface area contributed by atoms with E-state index in [0.29, 0.717) is 19.4 Å². The van der Waals surface area contributed by atoms with Gasteiger partial charge >= 0.3 is 12.4 Å². The Hall–Kier alpha value is -2.64. The summed E-state index contributed by atoms with van der Waals surface area (Å²) in [7, 11) is 1.80. The summed E-state index contributed by atoms with van der Waals surface area (Å²) in [5.41, 5.74) is 0. The molecule has 0 radical (unpaired) electrons. The smallest absolute Gasteiger partial charge is 0.484 e. The Morgan fingerprint density at radius 3 is 2.76 bits per heavy atom. The summed E-state index contributed by atoms with van der Waals surface area (Å²) in [6.45, 7) is -0.916. The number of hydrogen-bond donors (Lipinski definition) is 1. The van der Waals surface area contributed by atoms with Crippen LogP contribution in [0.15, 0.2) is 22.6 Å². The monoisotopic (exact) mass is 496 g/mol. The standard InChI is InChI=1S/C19H21ClF4N4O5/c1-28-9-11(25-16(29)10-31-12-3-4-13(20)14(21)8-12)2-5-15(28)17-26-27-18(33-17)30-6-7-32-19(22,23)24/h3-4,8,11,15H,2,5-7,9-10H2,1H3,(H,25,29)/t11-,15+/m0/s1. The van der Waals surface area contributed by atoms with Gasteiger partial charge < -0.3 is 19.2 Å². The van der Waals surface area contributed by atoms with Gasteiger partial charge in [-0.05, 0) is 32.0 Å². The lowest BCUT2D eigenvalue weighted by atomic mass is 9.99. The van der Waals surface area contributed by atoms with Gasteiger partial charge in [0.2, 0.25) is 5.89 Å². The molecule has 3 rings (SSSR count). The molecule has 0 saturated carbocycles. The van der Waals surface area contributed by atoms with Crippen molar-refractivity contribution in [1.82, 2.24) is 20.4 Å². The Labute approximate surface area is 190 Å². The van der Waals surface area contributed by atoms with Crippen LogP contribution in [0.5, 0.6) is 11.8 Å². The van der Waals surface area contributed by atoms with Crippen molar-refractivity contribution >= 4 is 17.5 Å². The number of hydrogen-bond acceptors (Lipinski definition) is 8. The van der Waals surface area contributed by atoms with E-state index in [0.717, 1.165) is 6.07 Å². The molecule has 0 bridgehead atoms. The van der Waals surface area contributed by atoms with Crippen molar-refractivity contribution in [3.63, 3.8) is 0 Å². The van der Waals surface area contributed by atoms with Crippen LogP contribution in [0.3, 0.4) is 0 Å². The summed E-state index contributed by atoms with van der Waals surface area (Å²) in [4.78, 5) is 14.1. The highest BCUT2D eigenvalue weighted by Gasteiger charge is 2.32. The maximum atomic E-state index is 13.4. The number of alkyl halides is 3. The molecule has 1 fully saturated rings. The minimum atomic E-state index is -4.74. The van der Waals surface area contributed by atoms with Crippen molar-refractivity contribution < 1.29 is 41.0 Å². The lowest BCUT2D eigenvalue weighted by Gasteiger charge is -2.35. The first-order valence-corrected chi connectivity index (χ1v) is 10.2. The highest BCUT2D eigenvalue weighted by atomic mass is 35.5. The van der Waals surface area contributed by atoms with Crippen LogP contribution in [0.2, 0.25) is 5.02 Å². The van der Waals surface area contributed by atoms with Crippen molar-refractivity contribution in [3.8, 4) is 11.8 Å². The lowest BCUT2D eigenvalue weighted by molar-refractivity contribution is -0.325. The van der Waals surface area contributed by atoms with E-state index in [1.165, 1.54) is 12.1 Å². The van der Waals surface area contributed by atoms with Crippen molar-refractivity contribution in [3.05, 3.63) is 34.9 Å². The molecule has 2 atom stereocenters. The summed E-state index contributed by atoms with van der Waals surface area (Å²) in [6, 6.07) is 3.49. The van der Waals surface area contributed by atoms with Crippen molar-refractivity contribution in [2.45, 2.75) is 31.3 Å². The number of carbonyl (C=O) groups is 1. The number of aromatic nitrogens is 2. The van der Waals surface area contributed by atoms with Crippen LogP contribution in [0, 0.1) is 5.82 Å². The van der Waals surface area contributed by atoms with Gasteiger partial charge in [-0.15, -0.1) is 18.3 Å². The molecule has 182 valence electrons. The van der Waals surface area contributed by atoms with Crippen molar-refractivity contribution in [1.29, 1.82) is 0 Å². The molecule has 14 heteroatoms. The minimum absolute atomic E-state index is 0.0398. The number of ether oxygens (including phenoxy) is 3. The molecule has 1 saturated heterocycles. The second-order valence-electron chi connectivity index (χ2n) is 7.21. The second-order valence-corrected chi connectivity index (χ2v) is 7.62. The van der Waals surface area contributed by atoms with Crippen LogP contribution in [0.4, 0.5) is 17.6 Å². The topological polar surface area (TPSA) is 99.0 Å². The normalized spacial score (nSPS) is 19.3. The molecule has 1 N–H and O–H groups in total. The Morgan fingerprint density at radius 2 is 2.06 bits per heavy atom. The number of halogens is 5. The van der Waals surface area contributed by atoms with E-state index in [-0.39, 0.29) is 47.3 Å². The largest absolute Gasteiger partial charge is 0.522 e. The predicted octanol–water partition coefficient (Wildman–Crippen LogP) is 3.11. The number of likely N-dealkylation sites (tertiary alicyclic amines) is 1. The molecule has 1 aromatic carbocycles. The van der Waals surface area contributed by atoms with E-state index in [1.807, 2.05) is 4.90 Å². The van der Waals surface area contributed by atoms with Crippen LogP contribution in [-0.4, -0.2) is 66.8 Å². The van der Waals surface area contributed by atoms with Crippen LogP contribution in [-0.2, 0) is 9.53 Å². The van der Waals surface area contributed by atoms with E-state index >= 15 is 0 Å². The molecule has 1 aliphatic rings. The molecular weight excluding hydrogens is 476 g/mol. The number of benzene rings is 1. The van der Waals surface area contributed by atoms with Gasteiger partial charge in [0.1, 0.15) is 18.2 Å². The van der Waals surface area contributed by atoms with E-state index in [1.54, 1.807) is 7.05 Å². The van der Waals surface area contributed by atoms with E-state index in [2.05, 4.69) is 20.3 Å². The fourth-order valence-electron chi connectivity index (χ4n) is 3.26. The van der Waals surface area contributed by atoms with Gasteiger partial charge in [-0.25, -0.2) is 4.39 Å². The average Bonchev–Trinajstić information content (AvgIpc) is 3.20. The Balaban J connectivity index is 1.41. The molecule has 33 heavy (non-hydrogen) atoms. The minimum Gasteiger partial charge on any atom is -0.484 e. The third kappa shape index (κ3) is 7.72. The summed E-state index contributed by atoms with van der Waals surface area (Å²) in [5.74, 6) is -0.565. The first-order valence-electron chi connectivity index (χ1n) is 9.85. The number of likely N-dealkylation sites (N-methyl/N-ethyl adjacent to an activating group) is 1. The first kappa shape index (κ1) is 25.0. The van der Waals surface area contributed by atoms with Gasteiger partial charge in [0.25, 0.3) is 5.91 Å². The fourth-order valence-corrected chi connectivity index (χ4v) is 3.38. The summed E-state index contributed by atoms with van der Waals surface area (Å²) in [6.07, 6.45) is -3.81. The SMILES string of the molecule is CN1C[C@@H](NC(=O)COc2ccc(Cl)c(F)c2)CC[C@@H]1c1nnc(OCCOC(F)(F)F)o1. The number of rotatable bonds is 9. The van der Waals surface area contributed by atoms with E-state index in [4.69, 9.17) is 25.5 Å². The van der Waals surface area contributed by atoms with Crippen LogP contribution < -0.4 is 14.8 Å². The van der Waals surface area contributed by atoms with Gasteiger partial charge in [-0.2, -0.15) is 0 Å². The molecule has 2 heterocycles. The van der Waals surface area contributed by atoms with Gasteiger partial charge in [-0.3, -0.25) is 14.4 Å². The van der Waals surface area contributed by atoms with Crippen LogP contribution in [0.1, 0.15) is 24.8 Å². The maximum Gasteiger partial charge on any atom is 0.522 e. The molecule has 0 aliphatic carbocycles. The Bertz CT molecular complexity index is 945. The van der Waals surface area contributed by atoms with Crippen molar-refractivity contribution in [2.24, 2.45) is 0 Å². The zero-order valence-corrected chi connectivity index (χ0v) is 18.2. The number of nitrogens with one attached hydrogen (secondary N) is 1. The molecule has 1 aromatic heterocycles. The molecule has 1 aliphatic heterocycles. The molecule has 0 unspecified atom stereocenters. The number of piperidine rings is 1. The number of nitrogens with zero attached hydrogens (tertiary/aromatic N) is 3. The molecule has 9 nitrogen and oxygen atoms in total. The average molecular weight is 497 g/mol. The molecule has 1 amide bonds. The lowest BCUT2D eigenvalue weighted by Crippen LogP contribution is -2.48. The molecular formula is C19H21ClF4N4O5. The fraction of sp³-hybridized carbons (Fsp3) is 0.526. The van der Waals surface area contributed by atoms with Crippen LogP contribution >= 0.6 is 11.6 Å². The third-order valence-corrected chi connectivity index (χ3v) is 5.04. The van der Waals surface area contributed by atoms with Gasteiger partial charge in [0, 0.05) is 18.7 Å². The van der Waals surface area contributed by atoms with Gasteiger partial charge in [0.05, 0.1) is 17.7 Å². The number of amides is 1. The second kappa shape index (κ2) is 11.0. The number of carbonyl (C=O) groups excluding carboxylic acids is 1. The predicted molar refractivity (Wildman–Crippen MR) is 105 cm³/mol. The van der Waals surface area contributed by atoms with Crippen molar-refractivity contribution in [2.75, 3.05) is 33.4 Å². The zero-order chi connectivity index (χ0) is 24.0. The Morgan fingerprint density at radius 1 is 1.27 bits per heavy atom. The van der Waals surface area contributed by atoms with Gasteiger partial charge in [0.15, 0.2) is 6.61 Å². The summed E-state index contributed by atoms with van der Waals surface area (Å²) in [5, 5.41) is 10.4. The van der Waals surface area contributed by atoms with Gasteiger partial charge in [-0.1, -0.05) is 16.7 Å². The zero-order valence-electron chi connectivity index (χ0n) is 17.4. The molecule has 0 spiro atoms. The highest BCUT2D eigenvalue weighted by molar-refractivity contribution is 6.30. The summed E-state index contributed by atoms with van der Waals surface area (Å²) < 4.78 is 68.5. The molecule has 2 aromatic rings. The highest BCUT2D eigenvalue weighted by Crippen LogP contribution is 2.30. The maximum absolute atomic E-state index is 13.4. The summed E-state index contributed by atoms with van der Waals surface area (Å²) >= 11 is 5.61. The third-order valence-electron chi connectivity index (χ3n) is 4.74. The van der Waals surface area contributed by atoms with Crippen LogP contribution in [0.25, 0.3) is 0 Å². The van der Waals surface area contributed by atoms with E-state index < -0.39 is 25.4 Å². The Kier molecular flexibility index (Phi) is 8.32. The first-order chi connectivity index (χ1) is 15.6. The quantitative estimate of drug-likeness (QED) is 0.418.